The number of methoxy groups -OCH3 is 1. The van der Waals surface area contributed by atoms with E-state index in [2.05, 4.69) is 10.7 Å². The molecule has 3 heteroatoms. The van der Waals surface area contributed by atoms with Crippen molar-refractivity contribution in [1.29, 1.82) is 0 Å². The molecule has 14 heavy (non-hydrogen) atoms. The van der Waals surface area contributed by atoms with Crippen LogP contribution < -0.4 is 0 Å². The summed E-state index contributed by atoms with van der Waals surface area (Å²) in [5, 5.41) is 0. The van der Waals surface area contributed by atoms with Gasteiger partial charge in [-0.25, -0.2) is 4.79 Å². The molecule has 0 radical (unpaired) electrons. The summed E-state index contributed by atoms with van der Waals surface area (Å²) in [5.74, 6) is 2.33. The predicted octanol–water partition coefficient (Wildman–Crippen LogP) is 1.51. The Labute approximate surface area is 84.8 Å². The zero-order valence-corrected chi connectivity index (χ0v) is 8.54. The topological polar surface area (TPSA) is 35.5 Å². The van der Waals surface area contributed by atoms with Crippen LogP contribution in [0.15, 0.2) is 0 Å². The first-order valence-electron chi connectivity index (χ1n) is 4.91. The fourth-order valence-electron chi connectivity index (χ4n) is 1.30. The second kappa shape index (κ2) is 5.02. The maximum atomic E-state index is 11.2. The van der Waals surface area contributed by atoms with Crippen LogP contribution in [0.1, 0.15) is 32.1 Å². The number of hydrogen-bond acceptors (Lipinski definition) is 3. The van der Waals surface area contributed by atoms with Gasteiger partial charge in [-0.05, 0) is 25.7 Å². The molecule has 1 rings (SSSR count). The molecule has 1 saturated carbocycles. The van der Waals surface area contributed by atoms with E-state index < -0.39 is 5.60 Å². The third kappa shape index (κ3) is 2.74. The largest absolute Gasteiger partial charge is 0.467 e. The summed E-state index contributed by atoms with van der Waals surface area (Å²) in [6, 6.07) is 0. The van der Waals surface area contributed by atoms with Gasteiger partial charge >= 0.3 is 5.97 Å². The standard InChI is InChI=1S/C11H16O3/c1-3-4-5-6-9-14-11(7-8-11)10(12)13-2/h1H,4-9H2,2H3. The average Bonchev–Trinajstić information content (AvgIpc) is 2.98. The van der Waals surface area contributed by atoms with Crippen LogP contribution in [0, 0.1) is 12.3 Å². The minimum absolute atomic E-state index is 0.241. The highest BCUT2D eigenvalue weighted by molar-refractivity contribution is 5.82. The number of terminal acetylenes is 1. The maximum Gasteiger partial charge on any atom is 0.338 e. The Morgan fingerprint density at radius 2 is 2.21 bits per heavy atom. The van der Waals surface area contributed by atoms with Gasteiger partial charge in [0.25, 0.3) is 0 Å². The Kier molecular flexibility index (Phi) is 3.97. The molecule has 3 nitrogen and oxygen atoms in total. The summed E-state index contributed by atoms with van der Waals surface area (Å²) >= 11 is 0. The molecule has 0 N–H and O–H groups in total. The Morgan fingerprint density at radius 1 is 1.50 bits per heavy atom. The van der Waals surface area contributed by atoms with Gasteiger partial charge in [-0.2, -0.15) is 0 Å². The molecule has 0 amide bonds. The lowest BCUT2D eigenvalue weighted by Gasteiger charge is -2.13. The number of rotatable bonds is 6. The van der Waals surface area contributed by atoms with E-state index in [9.17, 15) is 4.79 Å². The van der Waals surface area contributed by atoms with Crippen molar-refractivity contribution < 1.29 is 14.3 Å². The number of carbonyl (C=O) groups excluding carboxylic acids is 1. The van der Waals surface area contributed by atoms with Crippen LogP contribution in [-0.2, 0) is 14.3 Å². The van der Waals surface area contributed by atoms with Crippen molar-refractivity contribution >= 4 is 5.97 Å². The number of esters is 1. The summed E-state index contributed by atoms with van der Waals surface area (Å²) in [7, 11) is 1.39. The lowest BCUT2D eigenvalue weighted by molar-refractivity contribution is -0.157. The normalized spacial score (nSPS) is 17.1. The van der Waals surface area contributed by atoms with E-state index in [0.29, 0.717) is 6.61 Å². The molecule has 0 saturated heterocycles. The molecule has 0 aromatic rings. The van der Waals surface area contributed by atoms with Gasteiger partial charge in [0.05, 0.1) is 7.11 Å². The van der Waals surface area contributed by atoms with Crippen LogP contribution in [0.2, 0.25) is 0 Å². The smallest absolute Gasteiger partial charge is 0.338 e. The van der Waals surface area contributed by atoms with Crippen LogP contribution in [0.25, 0.3) is 0 Å². The summed E-state index contributed by atoms with van der Waals surface area (Å²) in [6.45, 7) is 0.594. The van der Waals surface area contributed by atoms with Gasteiger partial charge in [-0.15, -0.1) is 12.3 Å². The molecule has 0 aromatic carbocycles. The minimum atomic E-state index is -0.606. The summed E-state index contributed by atoms with van der Waals surface area (Å²) < 4.78 is 10.2. The monoisotopic (exact) mass is 196 g/mol. The van der Waals surface area contributed by atoms with E-state index in [1.54, 1.807) is 0 Å². The summed E-state index contributed by atoms with van der Waals surface area (Å²) in [5.41, 5.74) is -0.606. The molecule has 0 spiro atoms. The number of unbranched alkanes of at least 4 members (excludes halogenated alkanes) is 2. The van der Waals surface area contributed by atoms with E-state index in [1.165, 1.54) is 7.11 Å². The molecule has 0 aliphatic heterocycles. The molecule has 1 aliphatic rings. The van der Waals surface area contributed by atoms with Gasteiger partial charge in [0, 0.05) is 13.0 Å². The van der Waals surface area contributed by atoms with Crippen molar-refractivity contribution in [3.63, 3.8) is 0 Å². The van der Waals surface area contributed by atoms with E-state index in [1.807, 2.05) is 0 Å². The maximum absolute atomic E-state index is 11.2. The van der Waals surface area contributed by atoms with Crippen molar-refractivity contribution in [1.82, 2.24) is 0 Å². The van der Waals surface area contributed by atoms with Crippen molar-refractivity contribution in [2.75, 3.05) is 13.7 Å². The van der Waals surface area contributed by atoms with Gasteiger partial charge in [-0.1, -0.05) is 0 Å². The van der Waals surface area contributed by atoms with E-state index >= 15 is 0 Å². The van der Waals surface area contributed by atoms with Crippen molar-refractivity contribution in [3.05, 3.63) is 0 Å². The molecule has 0 bridgehead atoms. The van der Waals surface area contributed by atoms with Crippen LogP contribution in [0.3, 0.4) is 0 Å². The second-order valence-electron chi connectivity index (χ2n) is 3.50. The molecule has 0 unspecified atom stereocenters. The van der Waals surface area contributed by atoms with Crippen molar-refractivity contribution in [2.45, 2.75) is 37.7 Å². The van der Waals surface area contributed by atoms with E-state index in [0.717, 1.165) is 32.1 Å². The fraction of sp³-hybridized carbons (Fsp3) is 0.727. The number of carbonyl (C=O) groups is 1. The lowest BCUT2D eigenvalue weighted by Crippen LogP contribution is -2.27. The lowest BCUT2D eigenvalue weighted by atomic mass is 10.2. The predicted molar refractivity (Wildman–Crippen MR) is 52.6 cm³/mol. The molecule has 78 valence electrons. The molecule has 0 aromatic heterocycles. The molecular formula is C11H16O3. The van der Waals surface area contributed by atoms with Crippen molar-refractivity contribution in [2.24, 2.45) is 0 Å². The Morgan fingerprint density at radius 3 is 2.71 bits per heavy atom. The molecule has 0 heterocycles. The average molecular weight is 196 g/mol. The fourth-order valence-corrected chi connectivity index (χ4v) is 1.30. The zero-order valence-electron chi connectivity index (χ0n) is 8.54. The van der Waals surface area contributed by atoms with E-state index in [4.69, 9.17) is 11.2 Å². The highest BCUT2D eigenvalue weighted by Crippen LogP contribution is 2.40. The first-order chi connectivity index (χ1) is 6.75. The highest BCUT2D eigenvalue weighted by Gasteiger charge is 2.52. The van der Waals surface area contributed by atoms with Gasteiger partial charge in [0.2, 0.25) is 0 Å². The van der Waals surface area contributed by atoms with E-state index in [-0.39, 0.29) is 5.97 Å². The second-order valence-corrected chi connectivity index (χ2v) is 3.50. The Balaban J connectivity index is 2.12. The van der Waals surface area contributed by atoms with Gasteiger partial charge in [-0.3, -0.25) is 0 Å². The van der Waals surface area contributed by atoms with Crippen LogP contribution in [0.4, 0.5) is 0 Å². The van der Waals surface area contributed by atoms with Gasteiger partial charge in [0.1, 0.15) is 0 Å². The summed E-state index contributed by atoms with van der Waals surface area (Å²) in [4.78, 5) is 11.2. The van der Waals surface area contributed by atoms with Gasteiger partial charge in [0.15, 0.2) is 5.60 Å². The first kappa shape index (κ1) is 11.1. The van der Waals surface area contributed by atoms with Gasteiger partial charge < -0.3 is 9.47 Å². The quantitative estimate of drug-likeness (QED) is 0.367. The first-order valence-corrected chi connectivity index (χ1v) is 4.91. The number of hydrogen-bond donors (Lipinski definition) is 0. The summed E-state index contributed by atoms with van der Waals surface area (Å²) in [6.07, 6.45) is 9.32. The minimum Gasteiger partial charge on any atom is -0.467 e. The molecular weight excluding hydrogens is 180 g/mol. The third-order valence-corrected chi connectivity index (χ3v) is 2.36. The number of ether oxygens (including phenoxy) is 2. The zero-order chi connectivity index (χ0) is 10.4. The molecule has 1 fully saturated rings. The third-order valence-electron chi connectivity index (χ3n) is 2.36. The Bertz CT molecular complexity index is 235. The van der Waals surface area contributed by atoms with Crippen LogP contribution in [0.5, 0.6) is 0 Å². The SMILES string of the molecule is C#CCCCCOC1(C(=O)OC)CC1. The molecule has 0 atom stereocenters. The van der Waals surface area contributed by atoms with Crippen LogP contribution >= 0.6 is 0 Å². The van der Waals surface area contributed by atoms with Crippen LogP contribution in [-0.4, -0.2) is 25.3 Å². The highest BCUT2D eigenvalue weighted by atomic mass is 16.6. The van der Waals surface area contributed by atoms with Crippen molar-refractivity contribution in [3.8, 4) is 12.3 Å². The Hall–Kier alpha value is -1.01. The molecule has 1 aliphatic carbocycles.